The van der Waals surface area contributed by atoms with Gasteiger partial charge in [-0.2, -0.15) is 0 Å². The van der Waals surface area contributed by atoms with Gasteiger partial charge in [0.25, 0.3) is 11.5 Å². The summed E-state index contributed by atoms with van der Waals surface area (Å²) in [4.78, 5) is 26.9. The molecule has 6 heteroatoms. The number of aryl methyl sites for hydroxylation is 1. The van der Waals surface area contributed by atoms with E-state index in [2.05, 4.69) is 15.9 Å². The molecule has 1 aliphatic heterocycles. The number of pyridine rings is 1. The van der Waals surface area contributed by atoms with Crippen LogP contribution >= 0.6 is 15.9 Å². The van der Waals surface area contributed by atoms with Crippen molar-refractivity contribution in [2.75, 3.05) is 11.9 Å². The molecule has 4 nitrogen and oxygen atoms in total. The Balaban J connectivity index is 2.10. The van der Waals surface area contributed by atoms with Crippen LogP contribution in [-0.4, -0.2) is 17.5 Å². The van der Waals surface area contributed by atoms with Gasteiger partial charge < -0.3 is 9.47 Å². The summed E-state index contributed by atoms with van der Waals surface area (Å²) in [6.07, 6.45) is 0. The van der Waals surface area contributed by atoms with Gasteiger partial charge in [-0.1, -0.05) is 34.1 Å². The second-order valence-electron chi connectivity index (χ2n) is 6.17. The molecule has 0 fully saturated rings. The Labute approximate surface area is 151 Å². The van der Waals surface area contributed by atoms with Gasteiger partial charge in [-0.15, -0.1) is 0 Å². The number of nitrogens with zero attached hydrogens (tertiary/aromatic N) is 2. The number of amides is 1. The number of carbonyl (C=O) groups excluding carboxylic acids is 1. The van der Waals surface area contributed by atoms with Crippen LogP contribution in [0.4, 0.5) is 10.1 Å². The lowest BCUT2D eigenvalue weighted by molar-refractivity contribution is -0.126. The first-order valence-corrected chi connectivity index (χ1v) is 8.51. The summed E-state index contributed by atoms with van der Waals surface area (Å²) in [6.45, 7) is 0. The second-order valence-corrected chi connectivity index (χ2v) is 7.08. The molecule has 2 aromatic carbocycles. The van der Waals surface area contributed by atoms with Crippen molar-refractivity contribution < 1.29 is 9.18 Å². The molecule has 25 heavy (non-hydrogen) atoms. The number of hydrogen-bond donors (Lipinski definition) is 0. The maximum atomic E-state index is 16.2. The fourth-order valence-corrected chi connectivity index (χ4v) is 3.82. The lowest BCUT2D eigenvalue weighted by atomic mass is 9.89. The van der Waals surface area contributed by atoms with Crippen molar-refractivity contribution >= 4 is 38.4 Å². The van der Waals surface area contributed by atoms with E-state index in [1.54, 1.807) is 37.4 Å². The fourth-order valence-electron chi connectivity index (χ4n) is 3.46. The van der Waals surface area contributed by atoms with Gasteiger partial charge in [-0.3, -0.25) is 9.59 Å². The molecule has 1 aromatic heterocycles. The third-order valence-electron chi connectivity index (χ3n) is 4.79. The van der Waals surface area contributed by atoms with Crippen molar-refractivity contribution in [3.8, 4) is 0 Å². The molecule has 0 spiro atoms. The molecule has 4 rings (SSSR count). The van der Waals surface area contributed by atoms with E-state index in [4.69, 9.17) is 0 Å². The third kappa shape index (κ3) is 2.03. The zero-order valence-corrected chi connectivity index (χ0v) is 15.2. The lowest BCUT2D eigenvalue weighted by Crippen LogP contribution is -2.41. The number of fused-ring (bicyclic) bond motifs is 2. The van der Waals surface area contributed by atoms with Gasteiger partial charge in [0.2, 0.25) is 5.67 Å². The van der Waals surface area contributed by atoms with Crippen molar-refractivity contribution in [2.24, 2.45) is 7.05 Å². The molecule has 0 bridgehead atoms. The van der Waals surface area contributed by atoms with E-state index < -0.39 is 17.1 Å². The number of halogens is 2. The summed E-state index contributed by atoms with van der Waals surface area (Å²) < 4.78 is 18.2. The summed E-state index contributed by atoms with van der Waals surface area (Å²) >= 11 is 3.32. The number of rotatable bonds is 1. The zero-order valence-electron chi connectivity index (χ0n) is 13.6. The summed E-state index contributed by atoms with van der Waals surface area (Å²) in [6, 6.07) is 13.7. The van der Waals surface area contributed by atoms with Crippen LogP contribution < -0.4 is 10.5 Å². The zero-order chi connectivity index (χ0) is 17.9. The molecule has 0 aliphatic carbocycles. The minimum atomic E-state index is -2.51. The first kappa shape index (κ1) is 16.0. The first-order valence-electron chi connectivity index (χ1n) is 7.72. The number of carbonyl (C=O) groups is 1. The Bertz CT molecular complexity index is 1110. The van der Waals surface area contributed by atoms with Crippen LogP contribution in [0.25, 0.3) is 10.9 Å². The molecular weight excluding hydrogens is 387 g/mol. The Hall–Kier alpha value is -2.47. The van der Waals surface area contributed by atoms with Gasteiger partial charge in [0.05, 0.1) is 16.8 Å². The van der Waals surface area contributed by atoms with E-state index in [-0.39, 0.29) is 11.1 Å². The molecule has 1 amide bonds. The van der Waals surface area contributed by atoms with E-state index in [9.17, 15) is 9.59 Å². The molecule has 2 heterocycles. The van der Waals surface area contributed by atoms with E-state index in [0.717, 1.165) is 0 Å². The Morgan fingerprint density at radius 1 is 1.00 bits per heavy atom. The highest BCUT2D eigenvalue weighted by Gasteiger charge is 2.53. The largest absolute Gasteiger partial charge is 0.312 e. The van der Waals surface area contributed by atoms with Gasteiger partial charge in [0.1, 0.15) is 0 Å². The highest BCUT2D eigenvalue weighted by atomic mass is 79.9. The van der Waals surface area contributed by atoms with E-state index in [1.165, 1.54) is 22.6 Å². The predicted octanol–water partition coefficient (Wildman–Crippen LogP) is 3.49. The van der Waals surface area contributed by atoms with Crippen LogP contribution in [0.1, 0.15) is 11.1 Å². The van der Waals surface area contributed by atoms with E-state index in [1.807, 2.05) is 12.1 Å². The topological polar surface area (TPSA) is 42.3 Å². The normalized spacial score (nSPS) is 19.5. The third-order valence-corrected chi connectivity index (χ3v) is 5.29. The van der Waals surface area contributed by atoms with Gasteiger partial charge in [-0.05, 0) is 35.7 Å². The minimum Gasteiger partial charge on any atom is -0.312 e. The maximum Gasteiger partial charge on any atom is 0.274 e. The number of hydrogen-bond acceptors (Lipinski definition) is 2. The standard InChI is InChI=1S/C19H14BrFN2O2/c1-22-15-6-4-3-5-11(15)9-14(17(22)24)19(21)13-10-12(20)7-8-16(13)23(2)18(19)25/h3-10H,1-2H3/t19-/m1/s1. The first-order chi connectivity index (χ1) is 11.9. The highest BCUT2D eigenvalue weighted by Crippen LogP contribution is 2.47. The molecule has 0 N–H and O–H groups in total. The van der Waals surface area contributed by atoms with Gasteiger partial charge in [-0.25, -0.2) is 4.39 Å². The number of anilines is 1. The van der Waals surface area contributed by atoms with Gasteiger partial charge >= 0.3 is 0 Å². The Morgan fingerprint density at radius 2 is 1.72 bits per heavy atom. The van der Waals surface area contributed by atoms with Crippen LogP contribution in [0, 0.1) is 0 Å². The van der Waals surface area contributed by atoms with Crippen LogP contribution in [0.15, 0.2) is 57.8 Å². The number of para-hydroxylation sites is 1. The predicted molar refractivity (Wildman–Crippen MR) is 98.6 cm³/mol. The molecule has 0 saturated carbocycles. The van der Waals surface area contributed by atoms with Crippen molar-refractivity contribution in [1.82, 2.24) is 4.57 Å². The Morgan fingerprint density at radius 3 is 2.48 bits per heavy atom. The fraction of sp³-hybridized carbons (Fsp3) is 0.158. The lowest BCUT2D eigenvalue weighted by Gasteiger charge is -2.20. The molecule has 0 saturated heterocycles. The summed E-state index contributed by atoms with van der Waals surface area (Å²) in [5.74, 6) is -0.756. The average molecular weight is 401 g/mol. The van der Waals surface area contributed by atoms with Gasteiger partial charge in [0, 0.05) is 24.1 Å². The monoisotopic (exact) mass is 400 g/mol. The van der Waals surface area contributed by atoms with Crippen LogP contribution in [-0.2, 0) is 17.5 Å². The number of alkyl halides is 1. The summed E-state index contributed by atoms with van der Waals surface area (Å²) in [5.41, 5.74) is -1.86. The quantitative estimate of drug-likeness (QED) is 0.627. The number of benzene rings is 2. The number of aromatic nitrogens is 1. The average Bonchev–Trinajstić information content (AvgIpc) is 2.80. The van der Waals surface area contributed by atoms with Crippen LogP contribution in [0.3, 0.4) is 0 Å². The SMILES string of the molecule is CN1C(=O)[C@](F)(c2cc3ccccc3n(C)c2=O)c2cc(Br)ccc21. The van der Waals surface area contributed by atoms with Crippen molar-refractivity contribution in [1.29, 1.82) is 0 Å². The van der Waals surface area contributed by atoms with E-state index >= 15 is 4.39 Å². The second kappa shape index (κ2) is 5.26. The summed E-state index contributed by atoms with van der Waals surface area (Å²) in [5, 5.41) is 0.704. The van der Waals surface area contributed by atoms with Crippen LogP contribution in [0.2, 0.25) is 0 Å². The molecule has 1 atom stereocenters. The van der Waals surface area contributed by atoms with Crippen molar-refractivity contribution in [2.45, 2.75) is 5.67 Å². The summed E-state index contributed by atoms with van der Waals surface area (Å²) in [7, 11) is 3.10. The Kier molecular flexibility index (Phi) is 3.37. The van der Waals surface area contributed by atoms with Crippen molar-refractivity contribution in [3.05, 3.63) is 74.5 Å². The molecule has 1 aliphatic rings. The van der Waals surface area contributed by atoms with Gasteiger partial charge in [0.15, 0.2) is 0 Å². The smallest absolute Gasteiger partial charge is 0.274 e. The van der Waals surface area contributed by atoms with Crippen LogP contribution in [0.5, 0.6) is 0 Å². The minimum absolute atomic E-state index is 0.164. The highest BCUT2D eigenvalue weighted by molar-refractivity contribution is 9.10. The maximum absolute atomic E-state index is 16.2. The molecule has 0 radical (unpaired) electrons. The molecule has 3 aromatic rings. The molecule has 0 unspecified atom stereocenters. The molecule has 126 valence electrons. The molecular formula is C19H14BrFN2O2. The van der Waals surface area contributed by atoms with E-state index in [0.29, 0.717) is 21.1 Å². The van der Waals surface area contributed by atoms with Crippen molar-refractivity contribution in [3.63, 3.8) is 0 Å². The number of likely N-dealkylation sites (N-methyl/N-ethyl adjacent to an activating group) is 1.